The van der Waals surface area contributed by atoms with E-state index < -0.39 is 11.7 Å². The van der Waals surface area contributed by atoms with Gasteiger partial charge in [0.05, 0.1) is 5.56 Å². The fraction of sp³-hybridized carbons (Fsp3) is 0.267. The van der Waals surface area contributed by atoms with Gasteiger partial charge in [0.25, 0.3) is 0 Å². The zero-order chi connectivity index (χ0) is 14.2. The summed E-state index contributed by atoms with van der Waals surface area (Å²) in [7, 11) is 0. The summed E-state index contributed by atoms with van der Waals surface area (Å²) in [5, 5.41) is 3.05. The van der Waals surface area contributed by atoms with E-state index in [9.17, 15) is 13.2 Å². The quantitative estimate of drug-likeness (QED) is 0.851. The Kier molecular flexibility index (Phi) is 3.12. The molecule has 0 fully saturated rings. The van der Waals surface area contributed by atoms with Crippen LogP contribution in [0.4, 0.5) is 18.9 Å². The van der Waals surface area contributed by atoms with Crippen molar-refractivity contribution in [3.8, 4) is 0 Å². The fourth-order valence-electron chi connectivity index (χ4n) is 2.59. The van der Waals surface area contributed by atoms with Crippen molar-refractivity contribution in [1.82, 2.24) is 4.98 Å². The summed E-state index contributed by atoms with van der Waals surface area (Å²) >= 11 is 0. The Morgan fingerprint density at radius 2 is 2.00 bits per heavy atom. The topological polar surface area (TPSA) is 24.9 Å². The Labute approximate surface area is 114 Å². The first-order chi connectivity index (χ1) is 9.55. The highest BCUT2D eigenvalue weighted by Crippen LogP contribution is 2.39. The third-order valence-electron chi connectivity index (χ3n) is 3.55. The number of anilines is 1. The van der Waals surface area contributed by atoms with E-state index in [0.29, 0.717) is 12.2 Å². The molecular weight excluding hydrogens is 265 g/mol. The number of nitrogens with zero attached hydrogens (tertiary/aromatic N) is 1. The Balaban J connectivity index is 2.02. The first kappa shape index (κ1) is 13.0. The summed E-state index contributed by atoms with van der Waals surface area (Å²) in [5.74, 6) is 0.0507. The zero-order valence-corrected chi connectivity index (χ0v) is 10.6. The van der Waals surface area contributed by atoms with E-state index in [-0.39, 0.29) is 5.92 Å². The molecule has 20 heavy (non-hydrogen) atoms. The number of pyridine rings is 1. The average Bonchev–Trinajstić information content (AvgIpc) is 2.46. The number of benzene rings is 1. The minimum atomic E-state index is -4.31. The van der Waals surface area contributed by atoms with Crippen molar-refractivity contribution in [2.45, 2.75) is 18.5 Å². The summed E-state index contributed by atoms with van der Waals surface area (Å²) in [6.07, 6.45) is -1.77. The van der Waals surface area contributed by atoms with Crippen LogP contribution in [0.25, 0.3) is 0 Å². The van der Waals surface area contributed by atoms with E-state index in [4.69, 9.17) is 0 Å². The van der Waals surface area contributed by atoms with Crippen LogP contribution in [0.2, 0.25) is 0 Å². The fourth-order valence-corrected chi connectivity index (χ4v) is 2.59. The maximum atomic E-state index is 12.7. The standard InChI is InChI=1S/C15H13F3N2/c16-15(17,18)10-4-5-11-12(6-8-20-14(11)9-10)13-3-1-2-7-19-13/h1-5,7,9,12,20H,6,8H2. The van der Waals surface area contributed by atoms with E-state index in [2.05, 4.69) is 10.3 Å². The SMILES string of the molecule is FC(F)(F)c1ccc2c(c1)NCCC2c1ccccn1. The first-order valence-corrected chi connectivity index (χ1v) is 6.41. The molecule has 1 atom stereocenters. The van der Waals surface area contributed by atoms with Crippen LogP contribution in [0.15, 0.2) is 42.6 Å². The van der Waals surface area contributed by atoms with Gasteiger partial charge < -0.3 is 5.32 Å². The van der Waals surface area contributed by atoms with Crippen molar-refractivity contribution in [3.63, 3.8) is 0 Å². The minimum Gasteiger partial charge on any atom is -0.385 e. The predicted octanol–water partition coefficient (Wildman–Crippen LogP) is 4.05. The molecule has 104 valence electrons. The Hall–Kier alpha value is -2.04. The van der Waals surface area contributed by atoms with Gasteiger partial charge in [0.2, 0.25) is 0 Å². The van der Waals surface area contributed by atoms with Crippen LogP contribution >= 0.6 is 0 Å². The summed E-state index contributed by atoms with van der Waals surface area (Å²) in [4.78, 5) is 4.32. The lowest BCUT2D eigenvalue weighted by molar-refractivity contribution is -0.137. The van der Waals surface area contributed by atoms with Crippen molar-refractivity contribution in [2.24, 2.45) is 0 Å². The number of alkyl halides is 3. The molecule has 0 saturated carbocycles. The second-order valence-electron chi connectivity index (χ2n) is 4.82. The maximum Gasteiger partial charge on any atom is 0.416 e. The van der Waals surface area contributed by atoms with E-state index in [0.717, 1.165) is 23.7 Å². The van der Waals surface area contributed by atoms with Gasteiger partial charge in [0, 0.05) is 30.0 Å². The largest absolute Gasteiger partial charge is 0.416 e. The molecule has 1 aliphatic heterocycles. The van der Waals surface area contributed by atoms with Gasteiger partial charge in [0.1, 0.15) is 0 Å². The third-order valence-corrected chi connectivity index (χ3v) is 3.55. The molecule has 5 heteroatoms. The number of nitrogens with one attached hydrogen (secondary N) is 1. The van der Waals surface area contributed by atoms with E-state index >= 15 is 0 Å². The smallest absolute Gasteiger partial charge is 0.385 e. The van der Waals surface area contributed by atoms with Gasteiger partial charge >= 0.3 is 6.18 Å². The molecule has 1 aromatic carbocycles. The van der Waals surface area contributed by atoms with Crippen LogP contribution in [-0.4, -0.2) is 11.5 Å². The van der Waals surface area contributed by atoms with Crippen LogP contribution in [0.1, 0.15) is 29.2 Å². The Bertz CT molecular complexity index is 608. The predicted molar refractivity (Wildman–Crippen MR) is 70.6 cm³/mol. The molecule has 2 nitrogen and oxygen atoms in total. The number of hydrogen-bond donors (Lipinski definition) is 1. The molecular formula is C15H13F3N2. The number of fused-ring (bicyclic) bond motifs is 1. The van der Waals surface area contributed by atoms with Crippen LogP contribution in [0.3, 0.4) is 0 Å². The second-order valence-corrected chi connectivity index (χ2v) is 4.82. The van der Waals surface area contributed by atoms with Crippen LogP contribution in [0, 0.1) is 0 Å². The summed E-state index contributed by atoms with van der Waals surface area (Å²) in [5.41, 5.74) is 1.71. The summed E-state index contributed by atoms with van der Waals surface area (Å²) in [6, 6.07) is 9.53. The molecule has 1 N–H and O–H groups in total. The molecule has 2 aromatic rings. The third kappa shape index (κ3) is 2.35. The number of hydrogen-bond acceptors (Lipinski definition) is 2. The molecule has 3 rings (SSSR count). The van der Waals surface area contributed by atoms with Crippen molar-refractivity contribution in [1.29, 1.82) is 0 Å². The van der Waals surface area contributed by atoms with Gasteiger partial charge in [0.15, 0.2) is 0 Å². The molecule has 0 saturated heterocycles. The Morgan fingerprint density at radius 3 is 2.70 bits per heavy atom. The molecule has 0 amide bonds. The zero-order valence-electron chi connectivity index (χ0n) is 10.6. The van der Waals surface area contributed by atoms with Gasteiger partial charge in [-0.1, -0.05) is 12.1 Å². The van der Waals surface area contributed by atoms with Gasteiger partial charge in [-0.3, -0.25) is 4.98 Å². The molecule has 2 heterocycles. The summed E-state index contributed by atoms with van der Waals surface area (Å²) in [6.45, 7) is 0.648. The second kappa shape index (κ2) is 4.81. The van der Waals surface area contributed by atoms with Crippen molar-refractivity contribution < 1.29 is 13.2 Å². The lowest BCUT2D eigenvalue weighted by Crippen LogP contribution is -2.19. The molecule has 0 bridgehead atoms. The first-order valence-electron chi connectivity index (χ1n) is 6.41. The Morgan fingerprint density at radius 1 is 1.15 bits per heavy atom. The molecule has 0 aliphatic carbocycles. The van der Waals surface area contributed by atoms with E-state index in [1.54, 1.807) is 12.3 Å². The van der Waals surface area contributed by atoms with Crippen molar-refractivity contribution >= 4 is 5.69 Å². The minimum absolute atomic E-state index is 0.0507. The lowest BCUT2D eigenvalue weighted by Gasteiger charge is -2.27. The highest BCUT2D eigenvalue weighted by molar-refractivity contribution is 5.58. The van der Waals surface area contributed by atoms with E-state index in [1.807, 2.05) is 18.2 Å². The van der Waals surface area contributed by atoms with Crippen molar-refractivity contribution in [3.05, 3.63) is 59.4 Å². The molecule has 1 aliphatic rings. The average molecular weight is 278 g/mol. The highest BCUT2D eigenvalue weighted by Gasteiger charge is 2.32. The van der Waals surface area contributed by atoms with Crippen LogP contribution in [0.5, 0.6) is 0 Å². The van der Waals surface area contributed by atoms with Crippen LogP contribution in [-0.2, 0) is 6.18 Å². The molecule has 0 spiro atoms. The van der Waals surface area contributed by atoms with Crippen LogP contribution < -0.4 is 5.32 Å². The molecule has 1 aromatic heterocycles. The summed E-state index contributed by atoms with van der Waals surface area (Å²) < 4.78 is 38.2. The number of rotatable bonds is 1. The van der Waals surface area contributed by atoms with Gasteiger partial charge in [-0.2, -0.15) is 13.2 Å². The maximum absolute atomic E-state index is 12.7. The van der Waals surface area contributed by atoms with Gasteiger partial charge in [-0.05, 0) is 36.2 Å². The van der Waals surface area contributed by atoms with Crippen molar-refractivity contribution in [2.75, 3.05) is 11.9 Å². The lowest BCUT2D eigenvalue weighted by atomic mass is 9.87. The molecule has 1 unspecified atom stereocenters. The monoisotopic (exact) mass is 278 g/mol. The number of halogens is 3. The number of aromatic nitrogens is 1. The normalized spacial score (nSPS) is 18.2. The molecule has 0 radical (unpaired) electrons. The van der Waals surface area contributed by atoms with E-state index in [1.165, 1.54) is 6.07 Å². The highest BCUT2D eigenvalue weighted by atomic mass is 19.4. The van der Waals surface area contributed by atoms with Gasteiger partial charge in [-0.15, -0.1) is 0 Å². The van der Waals surface area contributed by atoms with Gasteiger partial charge in [-0.25, -0.2) is 0 Å².